The molecular weight excluding hydrogens is 336 g/mol. The fraction of sp³-hybridized carbons (Fsp3) is 0.417. The van der Waals surface area contributed by atoms with Crippen LogP contribution < -0.4 is 5.32 Å². The van der Waals surface area contributed by atoms with Gasteiger partial charge in [-0.2, -0.15) is 0 Å². The number of amides is 1. The largest absolute Gasteiger partial charge is 0.325 e. The predicted molar refractivity (Wildman–Crippen MR) is 74.7 cm³/mol. The molecule has 4 heteroatoms. The zero-order chi connectivity index (χ0) is 11.7. The summed E-state index contributed by atoms with van der Waals surface area (Å²) in [5.41, 5.74) is 0.708. The highest BCUT2D eigenvalue weighted by molar-refractivity contribution is 14.1. The van der Waals surface area contributed by atoms with Crippen LogP contribution in [0, 0.1) is 15.4 Å². The molecule has 0 bridgehead atoms. The Morgan fingerprint density at radius 1 is 1.56 bits per heavy atom. The van der Waals surface area contributed by atoms with Gasteiger partial charge in [0.2, 0.25) is 5.91 Å². The second-order valence-corrected chi connectivity index (χ2v) is 5.89. The molecule has 0 aliphatic heterocycles. The van der Waals surface area contributed by atoms with Crippen molar-refractivity contribution in [3.05, 3.63) is 26.8 Å². The van der Waals surface area contributed by atoms with E-state index in [-0.39, 0.29) is 11.8 Å². The molecule has 1 amide bonds. The van der Waals surface area contributed by atoms with Gasteiger partial charge in [-0.1, -0.05) is 18.5 Å². The highest BCUT2D eigenvalue weighted by Crippen LogP contribution is 2.37. The molecule has 86 valence electrons. The van der Waals surface area contributed by atoms with Crippen molar-refractivity contribution >= 4 is 45.8 Å². The minimum Gasteiger partial charge on any atom is -0.325 e. The van der Waals surface area contributed by atoms with E-state index in [1.54, 1.807) is 0 Å². The summed E-state index contributed by atoms with van der Waals surface area (Å²) in [7, 11) is 0. The second kappa shape index (κ2) is 4.92. The quantitative estimate of drug-likeness (QED) is 0.823. The third kappa shape index (κ3) is 2.88. The van der Waals surface area contributed by atoms with Gasteiger partial charge in [-0.05, 0) is 59.5 Å². The zero-order valence-electron chi connectivity index (χ0n) is 8.97. The zero-order valence-corrected chi connectivity index (χ0v) is 11.9. The monoisotopic (exact) mass is 349 g/mol. The molecule has 0 saturated heterocycles. The molecule has 1 N–H and O–H groups in total. The summed E-state index contributed by atoms with van der Waals surface area (Å²) in [4.78, 5) is 11.9. The molecule has 1 saturated carbocycles. The van der Waals surface area contributed by atoms with Crippen LogP contribution in [0.4, 0.5) is 5.69 Å². The Hall–Kier alpha value is -0.290. The Kier molecular flexibility index (Phi) is 3.74. The summed E-state index contributed by atoms with van der Waals surface area (Å²) in [6.07, 6.45) is 2.35. The van der Waals surface area contributed by atoms with E-state index in [4.69, 9.17) is 11.6 Å². The number of rotatable bonds is 3. The van der Waals surface area contributed by atoms with Crippen molar-refractivity contribution in [2.45, 2.75) is 19.8 Å². The van der Waals surface area contributed by atoms with Crippen molar-refractivity contribution in [2.24, 2.45) is 11.8 Å². The topological polar surface area (TPSA) is 29.1 Å². The van der Waals surface area contributed by atoms with Crippen LogP contribution in [-0.2, 0) is 4.79 Å². The van der Waals surface area contributed by atoms with E-state index in [0.29, 0.717) is 16.6 Å². The van der Waals surface area contributed by atoms with E-state index >= 15 is 0 Å². The van der Waals surface area contributed by atoms with Crippen LogP contribution in [0.3, 0.4) is 0 Å². The molecule has 1 aliphatic rings. The molecule has 1 fully saturated rings. The standard InChI is InChI=1S/C12H13ClINO/c1-7(8-2-3-8)12(16)15-11-5-4-9(14)6-10(11)13/h4-8H,2-3H2,1H3,(H,15,16). The van der Waals surface area contributed by atoms with E-state index in [0.717, 1.165) is 3.57 Å². The fourth-order valence-electron chi connectivity index (χ4n) is 1.65. The van der Waals surface area contributed by atoms with Gasteiger partial charge in [-0.25, -0.2) is 0 Å². The van der Waals surface area contributed by atoms with Gasteiger partial charge in [0.25, 0.3) is 0 Å². The van der Waals surface area contributed by atoms with Gasteiger partial charge in [0.05, 0.1) is 10.7 Å². The Morgan fingerprint density at radius 2 is 2.25 bits per heavy atom. The van der Waals surface area contributed by atoms with Gasteiger partial charge in [0.15, 0.2) is 0 Å². The van der Waals surface area contributed by atoms with E-state index in [9.17, 15) is 4.79 Å². The Labute approximate surface area is 114 Å². The van der Waals surface area contributed by atoms with E-state index in [2.05, 4.69) is 27.9 Å². The Bertz CT molecular complexity index is 417. The molecule has 1 aromatic carbocycles. The van der Waals surface area contributed by atoms with Crippen molar-refractivity contribution in [2.75, 3.05) is 5.32 Å². The molecule has 0 spiro atoms. The lowest BCUT2D eigenvalue weighted by molar-refractivity contribution is -0.119. The van der Waals surface area contributed by atoms with E-state index in [1.165, 1.54) is 12.8 Å². The van der Waals surface area contributed by atoms with E-state index < -0.39 is 0 Å². The minimum atomic E-state index is 0.0746. The number of benzene rings is 1. The lowest BCUT2D eigenvalue weighted by atomic mass is 10.1. The van der Waals surface area contributed by atoms with Crippen LogP contribution >= 0.6 is 34.2 Å². The van der Waals surface area contributed by atoms with Crippen molar-refractivity contribution in [3.8, 4) is 0 Å². The van der Waals surface area contributed by atoms with Gasteiger partial charge < -0.3 is 5.32 Å². The molecule has 1 aliphatic carbocycles. The molecule has 0 aromatic heterocycles. The maximum Gasteiger partial charge on any atom is 0.227 e. The molecule has 2 rings (SSSR count). The number of hydrogen-bond acceptors (Lipinski definition) is 1. The summed E-state index contributed by atoms with van der Waals surface area (Å²) in [6.45, 7) is 1.98. The first-order valence-electron chi connectivity index (χ1n) is 5.34. The van der Waals surface area contributed by atoms with Crippen LogP contribution in [-0.4, -0.2) is 5.91 Å². The first-order valence-corrected chi connectivity index (χ1v) is 6.79. The highest BCUT2D eigenvalue weighted by Gasteiger charge is 2.32. The molecule has 0 heterocycles. The Balaban J connectivity index is 2.05. The highest BCUT2D eigenvalue weighted by atomic mass is 127. The smallest absolute Gasteiger partial charge is 0.227 e. The summed E-state index contributed by atoms with van der Waals surface area (Å²) in [5.74, 6) is 0.739. The first kappa shape index (κ1) is 12.2. The molecular formula is C12H13ClINO. The molecule has 1 aromatic rings. The number of halogens is 2. The number of carbonyl (C=O) groups excluding carboxylic acids is 1. The Morgan fingerprint density at radius 3 is 2.81 bits per heavy atom. The number of hydrogen-bond donors (Lipinski definition) is 1. The number of anilines is 1. The third-order valence-corrected chi connectivity index (χ3v) is 3.92. The van der Waals surface area contributed by atoms with Crippen LogP contribution in [0.1, 0.15) is 19.8 Å². The van der Waals surface area contributed by atoms with Gasteiger partial charge in [0, 0.05) is 9.49 Å². The minimum absolute atomic E-state index is 0.0746. The van der Waals surface area contributed by atoms with E-state index in [1.807, 2.05) is 25.1 Å². The predicted octanol–water partition coefficient (Wildman–Crippen LogP) is 3.93. The van der Waals surface area contributed by atoms with Gasteiger partial charge in [-0.3, -0.25) is 4.79 Å². The van der Waals surface area contributed by atoms with Crippen LogP contribution in [0.5, 0.6) is 0 Å². The normalized spacial score (nSPS) is 16.9. The summed E-state index contributed by atoms with van der Waals surface area (Å²) in [6, 6.07) is 5.63. The van der Waals surface area contributed by atoms with Gasteiger partial charge in [0.1, 0.15) is 0 Å². The average Bonchev–Trinajstić information content (AvgIpc) is 3.04. The third-order valence-electron chi connectivity index (χ3n) is 2.93. The second-order valence-electron chi connectivity index (χ2n) is 4.24. The maximum atomic E-state index is 11.9. The lowest BCUT2D eigenvalue weighted by Crippen LogP contribution is -2.21. The molecule has 1 unspecified atom stereocenters. The van der Waals surface area contributed by atoms with Crippen LogP contribution in [0.15, 0.2) is 18.2 Å². The first-order chi connectivity index (χ1) is 7.58. The molecule has 2 nitrogen and oxygen atoms in total. The number of nitrogens with one attached hydrogen (secondary N) is 1. The van der Waals surface area contributed by atoms with Gasteiger partial charge in [-0.15, -0.1) is 0 Å². The van der Waals surface area contributed by atoms with Crippen molar-refractivity contribution < 1.29 is 4.79 Å². The number of carbonyl (C=O) groups is 1. The summed E-state index contributed by atoms with van der Waals surface area (Å²) < 4.78 is 1.07. The summed E-state index contributed by atoms with van der Waals surface area (Å²) >= 11 is 8.25. The average molecular weight is 350 g/mol. The van der Waals surface area contributed by atoms with Gasteiger partial charge >= 0.3 is 0 Å². The summed E-state index contributed by atoms with van der Waals surface area (Å²) in [5, 5.41) is 3.48. The fourth-order valence-corrected chi connectivity index (χ4v) is 2.55. The molecule has 0 radical (unpaired) electrons. The van der Waals surface area contributed by atoms with Crippen molar-refractivity contribution in [1.82, 2.24) is 0 Å². The van der Waals surface area contributed by atoms with Crippen molar-refractivity contribution in [1.29, 1.82) is 0 Å². The lowest BCUT2D eigenvalue weighted by Gasteiger charge is -2.12. The maximum absolute atomic E-state index is 11.9. The van der Waals surface area contributed by atoms with Crippen LogP contribution in [0.25, 0.3) is 0 Å². The van der Waals surface area contributed by atoms with Crippen LogP contribution in [0.2, 0.25) is 5.02 Å². The molecule has 1 atom stereocenters. The van der Waals surface area contributed by atoms with Crippen molar-refractivity contribution in [3.63, 3.8) is 0 Å². The molecule has 16 heavy (non-hydrogen) atoms. The SMILES string of the molecule is CC(C(=O)Nc1ccc(I)cc1Cl)C1CC1.